The molecule has 0 fully saturated rings. The van der Waals surface area contributed by atoms with Crippen LogP contribution in [0, 0.1) is 6.92 Å². The highest BCUT2D eigenvalue weighted by atomic mass is 32.1. The van der Waals surface area contributed by atoms with Gasteiger partial charge in [-0.1, -0.05) is 29.8 Å². The maximum atomic E-state index is 10.3. The summed E-state index contributed by atoms with van der Waals surface area (Å²) in [6, 6.07) is 12.6. The number of hydrogen-bond donors (Lipinski definition) is 1. The second-order valence-electron chi connectivity index (χ2n) is 4.50. The molecule has 0 aliphatic carbocycles. The Balaban J connectivity index is 1.80. The van der Waals surface area contributed by atoms with E-state index in [1.807, 2.05) is 0 Å². The Kier molecular flexibility index (Phi) is 3.20. The number of aliphatic hydroxyl groups excluding tert-OH is 1. The summed E-state index contributed by atoms with van der Waals surface area (Å²) in [4.78, 5) is 1.07. The average molecular weight is 274 g/mol. The van der Waals surface area contributed by atoms with E-state index in [1.165, 1.54) is 20.5 Å². The molecule has 3 heteroatoms. The fraction of sp³-hybridized carbons (Fsp3) is 0.200. The fourth-order valence-electron chi connectivity index (χ4n) is 2.00. The zero-order valence-electron chi connectivity index (χ0n) is 10.1. The summed E-state index contributed by atoms with van der Waals surface area (Å²) in [7, 11) is 0. The lowest BCUT2D eigenvalue weighted by Crippen LogP contribution is -1.99. The van der Waals surface area contributed by atoms with Gasteiger partial charge in [0.15, 0.2) is 0 Å². The predicted molar refractivity (Wildman–Crippen MR) is 79.5 cm³/mol. The van der Waals surface area contributed by atoms with E-state index in [1.54, 1.807) is 22.7 Å². The van der Waals surface area contributed by atoms with Crippen molar-refractivity contribution in [1.29, 1.82) is 0 Å². The first-order valence-corrected chi connectivity index (χ1v) is 7.62. The van der Waals surface area contributed by atoms with Crippen LogP contribution in [-0.2, 0) is 6.42 Å². The lowest BCUT2D eigenvalue weighted by atomic mass is 10.1. The molecule has 1 nitrogen and oxygen atoms in total. The predicted octanol–water partition coefficient (Wildman–Crippen LogP) is 4.55. The zero-order valence-corrected chi connectivity index (χ0v) is 11.7. The van der Waals surface area contributed by atoms with Crippen LogP contribution in [0.3, 0.4) is 0 Å². The minimum Gasteiger partial charge on any atom is -0.387 e. The van der Waals surface area contributed by atoms with Crippen molar-refractivity contribution in [2.45, 2.75) is 19.4 Å². The Morgan fingerprint density at radius 2 is 1.89 bits per heavy atom. The van der Waals surface area contributed by atoms with E-state index in [0.717, 1.165) is 4.88 Å². The van der Waals surface area contributed by atoms with Crippen LogP contribution in [0.2, 0.25) is 0 Å². The lowest BCUT2D eigenvalue weighted by molar-refractivity contribution is 0.182. The Hall–Kier alpha value is -1.16. The first-order chi connectivity index (χ1) is 8.72. The van der Waals surface area contributed by atoms with Crippen molar-refractivity contribution in [2.75, 3.05) is 0 Å². The minimum atomic E-state index is -0.391. The molecule has 3 aromatic rings. The van der Waals surface area contributed by atoms with Gasteiger partial charge in [-0.15, -0.1) is 22.7 Å². The van der Waals surface area contributed by atoms with E-state index in [4.69, 9.17) is 0 Å². The monoisotopic (exact) mass is 274 g/mol. The summed E-state index contributed by atoms with van der Waals surface area (Å²) in [6.45, 7) is 2.08. The Morgan fingerprint density at radius 3 is 2.61 bits per heavy atom. The van der Waals surface area contributed by atoms with Gasteiger partial charge in [-0.3, -0.25) is 0 Å². The molecule has 0 saturated heterocycles. The number of hydrogen-bond acceptors (Lipinski definition) is 3. The topological polar surface area (TPSA) is 20.2 Å². The molecule has 92 valence electrons. The van der Waals surface area contributed by atoms with Gasteiger partial charge in [0, 0.05) is 20.7 Å². The van der Waals surface area contributed by atoms with Crippen LogP contribution < -0.4 is 0 Å². The van der Waals surface area contributed by atoms with Crippen LogP contribution in [0.25, 0.3) is 9.40 Å². The van der Waals surface area contributed by atoms with Gasteiger partial charge in [0.2, 0.25) is 0 Å². The van der Waals surface area contributed by atoms with Gasteiger partial charge >= 0.3 is 0 Å². The summed E-state index contributed by atoms with van der Waals surface area (Å²) in [5.41, 5.74) is 2.44. The standard InChI is InChI=1S/C15H14OS2/c1-10-2-4-11(5-3-10)8-12(16)14-9-15-13(18-14)6-7-17-15/h2-7,9,12,16H,8H2,1H3. The van der Waals surface area contributed by atoms with Crippen molar-refractivity contribution in [3.63, 3.8) is 0 Å². The molecule has 1 unspecified atom stereocenters. The molecule has 0 aliphatic rings. The van der Waals surface area contributed by atoms with Crippen molar-refractivity contribution in [3.05, 3.63) is 57.8 Å². The second kappa shape index (κ2) is 4.84. The summed E-state index contributed by atoms with van der Waals surface area (Å²) in [5.74, 6) is 0. The first-order valence-electron chi connectivity index (χ1n) is 5.93. The Morgan fingerprint density at radius 1 is 1.11 bits per heavy atom. The molecule has 0 radical (unpaired) electrons. The van der Waals surface area contributed by atoms with E-state index >= 15 is 0 Å². The summed E-state index contributed by atoms with van der Waals surface area (Å²) in [6.07, 6.45) is 0.297. The second-order valence-corrected chi connectivity index (χ2v) is 6.57. The van der Waals surface area contributed by atoms with Gasteiger partial charge in [0.25, 0.3) is 0 Å². The SMILES string of the molecule is Cc1ccc(CC(O)c2cc3sccc3s2)cc1. The molecule has 1 N–H and O–H groups in total. The number of rotatable bonds is 3. The molecule has 0 bridgehead atoms. The smallest absolute Gasteiger partial charge is 0.0922 e. The van der Waals surface area contributed by atoms with E-state index in [0.29, 0.717) is 6.42 Å². The van der Waals surface area contributed by atoms with Crippen molar-refractivity contribution in [1.82, 2.24) is 0 Å². The number of aliphatic hydroxyl groups is 1. The molecule has 0 spiro atoms. The normalized spacial score (nSPS) is 13.0. The van der Waals surface area contributed by atoms with Crippen LogP contribution in [0.4, 0.5) is 0 Å². The van der Waals surface area contributed by atoms with Crippen molar-refractivity contribution < 1.29 is 5.11 Å². The number of benzene rings is 1. The van der Waals surface area contributed by atoms with Crippen molar-refractivity contribution in [2.24, 2.45) is 0 Å². The highest BCUT2D eigenvalue weighted by molar-refractivity contribution is 7.26. The molecule has 0 saturated carbocycles. The van der Waals surface area contributed by atoms with Gasteiger partial charge in [0.05, 0.1) is 6.10 Å². The third-order valence-corrected chi connectivity index (χ3v) is 5.23. The van der Waals surface area contributed by atoms with E-state index < -0.39 is 6.10 Å². The van der Waals surface area contributed by atoms with Crippen molar-refractivity contribution >= 4 is 32.1 Å². The molecule has 18 heavy (non-hydrogen) atoms. The lowest BCUT2D eigenvalue weighted by Gasteiger charge is -2.08. The highest BCUT2D eigenvalue weighted by Crippen LogP contribution is 2.34. The molecule has 2 heterocycles. The summed E-state index contributed by atoms with van der Waals surface area (Å²) >= 11 is 3.43. The van der Waals surface area contributed by atoms with E-state index in [2.05, 4.69) is 48.7 Å². The van der Waals surface area contributed by atoms with Gasteiger partial charge in [0.1, 0.15) is 0 Å². The molecular formula is C15H14OS2. The molecule has 1 aromatic carbocycles. The third kappa shape index (κ3) is 2.34. The zero-order chi connectivity index (χ0) is 12.5. The molecular weight excluding hydrogens is 260 g/mol. The molecule has 1 atom stereocenters. The fourth-order valence-corrected chi connectivity index (χ4v) is 4.10. The highest BCUT2D eigenvalue weighted by Gasteiger charge is 2.12. The van der Waals surface area contributed by atoms with Crippen LogP contribution in [0.15, 0.2) is 41.8 Å². The van der Waals surface area contributed by atoms with Gasteiger partial charge in [-0.25, -0.2) is 0 Å². The van der Waals surface area contributed by atoms with Gasteiger partial charge in [-0.2, -0.15) is 0 Å². The third-order valence-electron chi connectivity index (χ3n) is 3.04. The average Bonchev–Trinajstić information content (AvgIpc) is 2.92. The maximum Gasteiger partial charge on any atom is 0.0922 e. The minimum absolute atomic E-state index is 0.391. The van der Waals surface area contributed by atoms with Gasteiger partial charge in [-0.05, 0) is 30.0 Å². The molecule has 3 rings (SSSR count). The van der Waals surface area contributed by atoms with Crippen LogP contribution in [0.1, 0.15) is 22.1 Å². The maximum absolute atomic E-state index is 10.3. The molecule has 0 amide bonds. The van der Waals surface area contributed by atoms with Gasteiger partial charge < -0.3 is 5.11 Å². The van der Waals surface area contributed by atoms with E-state index in [-0.39, 0.29) is 0 Å². The Labute approximate surface area is 114 Å². The largest absolute Gasteiger partial charge is 0.387 e. The molecule has 0 aliphatic heterocycles. The molecule has 2 aromatic heterocycles. The van der Waals surface area contributed by atoms with Crippen LogP contribution in [0.5, 0.6) is 0 Å². The van der Waals surface area contributed by atoms with Crippen LogP contribution in [-0.4, -0.2) is 5.11 Å². The Bertz CT molecular complexity index is 620. The van der Waals surface area contributed by atoms with Crippen LogP contribution >= 0.6 is 22.7 Å². The number of aryl methyl sites for hydroxylation is 1. The summed E-state index contributed by atoms with van der Waals surface area (Å²) < 4.78 is 2.55. The quantitative estimate of drug-likeness (QED) is 0.743. The van der Waals surface area contributed by atoms with E-state index in [9.17, 15) is 5.11 Å². The number of fused-ring (bicyclic) bond motifs is 1. The first kappa shape index (κ1) is 11.9. The van der Waals surface area contributed by atoms with Crippen molar-refractivity contribution in [3.8, 4) is 0 Å². The number of thiophene rings is 2. The summed E-state index contributed by atoms with van der Waals surface area (Å²) in [5, 5.41) is 12.4.